The van der Waals surface area contributed by atoms with E-state index >= 15 is 0 Å². The Balaban J connectivity index is 3.19. The number of benzene rings is 1. The predicted molar refractivity (Wildman–Crippen MR) is 68.3 cm³/mol. The molecule has 1 rings (SSSR count). The van der Waals surface area contributed by atoms with Gasteiger partial charge in [-0.05, 0) is 30.9 Å². The molecule has 0 atom stereocenters. The van der Waals surface area contributed by atoms with E-state index in [2.05, 4.69) is 38.7 Å². The first-order valence-corrected chi connectivity index (χ1v) is 5.55. The van der Waals surface area contributed by atoms with Crippen LogP contribution in [0.4, 0.5) is 0 Å². The number of aliphatic hydroxyl groups is 1. The summed E-state index contributed by atoms with van der Waals surface area (Å²) in [6.07, 6.45) is 0. The lowest BCUT2D eigenvalue weighted by Crippen LogP contribution is -2.16. The molecule has 1 heteroatoms. The standard InChI is InChI=1S/C15H20O/c1-14(2,3)13-9-7-6-8-12(13)10-11-15(4,5)16/h6-9,16H,1-5H3. The smallest absolute Gasteiger partial charge is 0.120 e. The summed E-state index contributed by atoms with van der Waals surface area (Å²) in [5.41, 5.74) is 1.35. The third-order valence-corrected chi connectivity index (χ3v) is 2.24. The largest absolute Gasteiger partial charge is 0.378 e. The van der Waals surface area contributed by atoms with Gasteiger partial charge < -0.3 is 5.11 Å². The lowest BCUT2D eigenvalue weighted by molar-refractivity contribution is 0.143. The highest BCUT2D eigenvalue weighted by atomic mass is 16.3. The first-order valence-electron chi connectivity index (χ1n) is 5.55. The van der Waals surface area contributed by atoms with Crippen LogP contribution in [0.25, 0.3) is 0 Å². The van der Waals surface area contributed by atoms with Gasteiger partial charge in [0.1, 0.15) is 5.60 Å². The van der Waals surface area contributed by atoms with Crippen LogP contribution in [0.1, 0.15) is 45.7 Å². The van der Waals surface area contributed by atoms with Gasteiger partial charge in [0, 0.05) is 5.56 Å². The molecular weight excluding hydrogens is 196 g/mol. The zero-order valence-electron chi connectivity index (χ0n) is 10.8. The van der Waals surface area contributed by atoms with E-state index in [0.29, 0.717) is 0 Å². The van der Waals surface area contributed by atoms with Crippen LogP contribution in [-0.2, 0) is 5.41 Å². The molecule has 1 N–H and O–H groups in total. The van der Waals surface area contributed by atoms with Crippen molar-refractivity contribution in [1.29, 1.82) is 0 Å². The van der Waals surface area contributed by atoms with Crippen LogP contribution in [0, 0.1) is 11.8 Å². The van der Waals surface area contributed by atoms with Gasteiger partial charge in [-0.25, -0.2) is 0 Å². The lowest BCUT2D eigenvalue weighted by Gasteiger charge is -2.20. The van der Waals surface area contributed by atoms with E-state index in [4.69, 9.17) is 0 Å². The number of hydrogen-bond donors (Lipinski definition) is 1. The Morgan fingerprint density at radius 2 is 1.56 bits per heavy atom. The first-order chi connectivity index (χ1) is 7.20. The van der Waals surface area contributed by atoms with E-state index in [0.717, 1.165) is 5.56 Å². The number of rotatable bonds is 0. The van der Waals surface area contributed by atoms with E-state index in [1.54, 1.807) is 13.8 Å². The zero-order valence-corrected chi connectivity index (χ0v) is 10.8. The normalized spacial score (nSPS) is 11.9. The van der Waals surface area contributed by atoms with Crippen molar-refractivity contribution in [3.8, 4) is 11.8 Å². The average Bonchev–Trinajstić information content (AvgIpc) is 2.12. The van der Waals surface area contributed by atoms with Gasteiger partial charge in [0.05, 0.1) is 0 Å². The summed E-state index contributed by atoms with van der Waals surface area (Å²) in [6, 6.07) is 8.09. The highest BCUT2D eigenvalue weighted by Gasteiger charge is 2.16. The Kier molecular flexibility index (Phi) is 3.45. The molecule has 1 aromatic carbocycles. The van der Waals surface area contributed by atoms with Crippen molar-refractivity contribution in [3.63, 3.8) is 0 Å². The van der Waals surface area contributed by atoms with Crippen molar-refractivity contribution in [2.24, 2.45) is 0 Å². The molecule has 1 aromatic rings. The molecule has 0 amide bonds. The second-order valence-electron chi connectivity index (χ2n) is 5.60. The summed E-state index contributed by atoms with van der Waals surface area (Å²) in [4.78, 5) is 0. The predicted octanol–water partition coefficient (Wildman–Crippen LogP) is 3.11. The molecule has 0 bridgehead atoms. The molecule has 0 heterocycles. The quantitative estimate of drug-likeness (QED) is 0.661. The van der Waals surface area contributed by atoms with Crippen molar-refractivity contribution >= 4 is 0 Å². The molecule has 0 saturated carbocycles. The van der Waals surface area contributed by atoms with Crippen molar-refractivity contribution in [2.75, 3.05) is 0 Å². The molecule has 0 saturated heterocycles. The summed E-state index contributed by atoms with van der Waals surface area (Å²) in [7, 11) is 0. The molecule has 0 fully saturated rings. The summed E-state index contributed by atoms with van der Waals surface area (Å²) in [5, 5.41) is 9.60. The first kappa shape index (κ1) is 12.8. The summed E-state index contributed by atoms with van der Waals surface area (Å²) in [6.45, 7) is 9.88. The Morgan fingerprint density at radius 3 is 2.06 bits per heavy atom. The minimum absolute atomic E-state index is 0.0743. The second kappa shape index (κ2) is 4.31. The van der Waals surface area contributed by atoms with E-state index in [1.165, 1.54) is 5.56 Å². The highest BCUT2D eigenvalue weighted by molar-refractivity contribution is 5.45. The molecule has 0 aliphatic heterocycles. The molecule has 1 nitrogen and oxygen atoms in total. The Labute approximate surface area is 98.5 Å². The minimum atomic E-state index is -0.939. The topological polar surface area (TPSA) is 20.2 Å². The fourth-order valence-electron chi connectivity index (χ4n) is 1.47. The van der Waals surface area contributed by atoms with E-state index in [-0.39, 0.29) is 5.41 Å². The van der Waals surface area contributed by atoms with E-state index < -0.39 is 5.60 Å². The van der Waals surface area contributed by atoms with Gasteiger partial charge in [-0.3, -0.25) is 0 Å². The summed E-state index contributed by atoms with van der Waals surface area (Å²) in [5.74, 6) is 5.92. The van der Waals surface area contributed by atoms with Gasteiger partial charge in [-0.2, -0.15) is 0 Å². The fraction of sp³-hybridized carbons (Fsp3) is 0.467. The minimum Gasteiger partial charge on any atom is -0.378 e. The molecule has 86 valence electrons. The van der Waals surface area contributed by atoms with Crippen LogP contribution in [-0.4, -0.2) is 10.7 Å². The molecule has 0 aliphatic rings. The molecule has 0 unspecified atom stereocenters. The van der Waals surface area contributed by atoms with Crippen LogP contribution in [0.2, 0.25) is 0 Å². The third kappa shape index (κ3) is 3.72. The van der Waals surface area contributed by atoms with Gasteiger partial charge in [0.2, 0.25) is 0 Å². The maximum atomic E-state index is 9.60. The Morgan fingerprint density at radius 1 is 1.00 bits per heavy atom. The third-order valence-electron chi connectivity index (χ3n) is 2.24. The van der Waals surface area contributed by atoms with Gasteiger partial charge in [0.25, 0.3) is 0 Å². The zero-order chi connectivity index (χ0) is 12.4. The molecule has 0 radical (unpaired) electrons. The van der Waals surface area contributed by atoms with Crippen molar-refractivity contribution < 1.29 is 5.11 Å². The second-order valence-corrected chi connectivity index (χ2v) is 5.60. The maximum absolute atomic E-state index is 9.60. The SMILES string of the molecule is CC(C)(O)C#Cc1ccccc1C(C)(C)C. The van der Waals surface area contributed by atoms with Gasteiger partial charge in [-0.1, -0.05) is 50.8 Å². The average molecular weight is 216 g/mol. The highest BCUT2D eigenvalue weighted by Crippen LogP contribution is 2.25. The molecular formula is C15H20O. The van der Waals surface area contributed by atoms with Gasteiger partial charge in [-0.15, -0.1) is 0 Å². The number of hydrogen-bond acceptors (Lipinski definition) is 1. The Bertz CT molecular complexity index is 419. The van der Waals surface area contributed by atoms with E-state index in [9.17, 15) is 5.11 Å². The van der Waals surface area contributed by atoms with Crippen LogP contribution < -0.4 is 0 Å². The van der Waals surface area contributed by atoms with Crippen LogP contribution in [0.5, 0.6) is 0 Å². The molecule has 0 aliphatic carbocycles. The van der Waals surface area contributed by atoms with Gasteiger partial charge in [0.15, 0.2) is 0 Å². The van der Waals surface area contributed by atoms with Crippen LogP contribution >= 0.6 is 0 Å². The molecule has 0 aromatic heterocycles. The lowest BCUT2D eigenvalue weighted by atomic mass is 9.84. The van der Waals surface area contributed by atoms with Crippen LogP contribution in [0.15, 0.2) is 24.3 Å². The molecule has 16 heavy (non-hydrogen) atoms. The maximum Gasteiger partial charge on any atom is 0.120 e. The van der Waals surface area contributed by atoms with Crippen molar-refractivity contribution in [2.45, 2.75) is 45.6 Å². The van der Waals surface area contributed by atoms with E-state index in [1.807, 2.05) is 18.2 Å². The fourth-order valence-corrected chi connectivity index (χ4v) is 1.47. The van der Waals surface area contributed by atoms with Crippen molar-refractivity contribution in [1.82, 2.24) is 0 Å². The monoisotopic (exact) mass is 216 g/mol. The summed E-state index contributed by atoms with van der Waals surface area (Å²) >= 11 is 0. The van der Waals surface area contributed by atoms with Crippen molar-refractivity contribution in [3.05, 3.63) is 35.4 Å². The summed E-state index contributed by atoms with van der Waals surface area (Å²) < 4.78 is 0. The van der Waals surface area contributed by atoms with Crippen LogP contribution in [0.3, 0.4) is 0 Å². The Hall–Kier alpha value is -1.26. The molecule has 0 spiro atoms. The van der Waals surface area contributed by atoms with Gasteiger partial charge >= 0.3 is 0 Å².